The zero-order valence-electron chi connectivity index (χ0n) is 9.87. The summed E-state index contributed by atoms with van der Waals surface area (Å²) in [7, 11) is 0. The Morgan fingerprint density at radius 2 is 1.87 bits per heavy atom. The van der Waals surface area contributed by atoms with E-state index in [0.717, 1.165) is 11.1 Å². The van der Waals surface area contributed by atoms with Crippen LogP contribution in [0, 0.1) is 19.8 Å². The Labute approximate surface area is 91.5 Å². The van der Waals surface area contributed by atoms with E-state index in [1.165, 1.54) is 5.56 Å². The Bertz CT molecular complexity index is 369. The van der Waals surface area contributed by atoms with Crippen LogP contribution in [0.4, 0.5) is 0 Å². The standard InChI is InChI=1S/C13H19NO/c1-8(2)12(14)13(15)11-6-5-9(3)7-10(11)4/h5-8,12H,14H2,1-4H3. The normalized spacial score (nSPS) is 12.9. The largest absolute Gasteiger partial charge is 0.321 e. The average molecular weight is 205 g/mol. The van der Waals surface area contributed by atoms with Gasteiger partial charge in [0.1, 0.15) is 0 Å². The Morgan fingerprint density at radius 1 is 1.27 bits per heavy atom. The van der Waals surface area contributed by atoms with Gasteiger partial charge in [-0.3, -0.25) is 4.79 Å². The molecule has 2 nitrogen and oxygen atoms in total. The predicted molar refractivity (Wildman–Crippen MR) is 63.1 cm³/mol. The molecule has 0 aliphatic carbocycles. The summed E-state index contributed by atoms with van der Waals surface area (Å²) in [5.41, 5.74) is 8.78. The molecular formula is C13H19NO. The molecule has 0 bridgehead atoms. The smallest absolute Gasteiger partial charge is 0.180 e. The number of hydrogen-bond donors (Lipinski definition) is 1. The van der Waals surface area contributed by atoms with Crippen LogP contribution in [0.25, 0.3) is 0 Å². The molecule has 2 N–H and O–H groups in total. The first-order chi connectivity index (χ1) is 6.93. The van der Waals surface area contributed by atoms with Crippen molar-refractivity contribution in [3.63, 3.8) is 0 Å². The predicted octanol–water partition coefficient (Wildman–Crippen LogP) is 2.47. The van der Waals surface area contributed by atoms with E-state index in [-0.39, 0.29) is 11.7 Å². The van der Waals surface area contributed by atoms with E-state index < -0.39 is 6.04 Å². The van der Waals surface area contributed by atoms with Crippen LogP contribution in [-0.4, -0.2) is 11.8 Å². The number of Topliss-reactive ketones (excluding diaryl/α,β-unsaturated/α-hetero) is 1. The van der Waals surface area contributed by atoms with Crippen LogP contribution in [0.2, 0.25) is 0 Å². The molecule has 0 radical (unpaired) electrons. The molecule has 0 saturated carbocycles. The van der Waals surface area contributed by atoms with Gasteiger partial charge in [0, 0.05) is 5.56 Å². The summed E-state index contributed by atoms with van der Waals surface area (Å²) in [6.07, 6.45) is 0. The fourth-order valence-corrected chi connectivity index (χ4v) is 1.57. The number of benzene rings is 1. The van der Waals surface area contributed by atoms with E-state index in [4.69, 9.17) is 5.73 Å². The molecule has 1 atom stereocenters. The lowest BCUT2D eigenvalue weighted by Gasteiger charge is -2.15. The van der Waals surface area contributed by atoms with Crippen LogP contribution in [0.5, 0.6) is 0 Å². The number of aryl methyl sites for hydroxylation is 2. The molecule has 0 amide bonds. The average Bonchev–Trinajstić information content (AvgIpc) is 2.15. The molecule has 82 valence electrons. The SMILES string of the molecule is Cc1ccc(C(=O)C(N)C(C)C)c(C)c1. The fourth-order valence-electron chi connectivity index (χ4n) is 1.57. The maximum Gasteiger partial charge on any atom is 0.180 e. The minimum atomic E-state index is -0.397. The first kappa shape index (κ1) is 11.9. The molecule has 1 unspecified atom stereocenters. The van der Waals surface area contributed by atoms with Gasteiger partial charge in [0.25, 0.3) is 0 Å². The van der Waals surface area contributed by atoms with Crippen molar-refractivity contribution in [3.8, 4) is 0 Å². The molecule has 1 aromatic carbocycles. The van der Waals surface area contributed by atoms with Crippen molar-refractivity contribution in [2.75, 3.05) is 0 Å². The van der Waals surface area contributed by atoms with Gasteiger partial charge in [0.05, 0.1) is 6.04 Å². The van der Waals surface area contributed by atoms with E-state index in [2.05, 4.69) is 0 Å². The van der Waals surface area contributed by atoms with Crippen molar-refractivity contribution in [3.05, 3.63) is 34.9 Å². The summed E-state index contributed by atoms with van der Waals surface area (Å²) in [5.74, 6) is 0.223. The van der Waals surface area contributed by atoms with E-state index >= 15 is 0 Å². The van der Waals surface area contributed by atoms with Gasteiger partial charge in [-0.25, -0.2) is 0 Å². The van der Waals surface area contributed by atoms with Gasteiger partial charge in [-0.15, -0.1) is 0 Å². The lowest BCUT2D eigenvalue weighted by atomic mass is 9.93. The maximum absolute atomic E-state index is 12.0. The number of carbonyl (C=O) groups is 1. The molecular weight excluding hydrogens is 186 g/mol. The molecule has 0 aromatic heterocycles. The summed E-state index contributed by atoms with van der Waals surface area (Å²) < 4.78 is 0. The Hall–Kier alpha value is -1.15. The van der Waals surface area contributed by atoms with Gasteiger partial charge >= 0.3 is 0 Å². The van der Waals surface area contributed by atoms with Crippen LogP contribution in [-0.2, 0) is 0 Å². The summed E-state index contributed by atoms with van der Waals surface area (Å²) in [6.45, 7) is 7.90. The molecule has 1 rings (SSSR count). The Kier molecular flexibility index (Phi) is 3.64. The molecule has 0 aliphatic heterocycles. The minimum absolute atomic E-state index is 0.0440. The van der Waals surface area contributed by atoms with Crippen LogP contribution >= 0.6 is 0 Å². The van der Waals surface area contributed by atoms with Crippen molar-refractivity contribution < 1.29 is 4.79 Å². The second-order valence-electron chi connectivity index (χ2n) is 4.45. The molecule has 0 saturated heterocycles. The highest BCUT2D eigenvalue weighted by molar-refractivity contribution is 6.01. The quantitative estimate of drug-likeness (QED) is 0.770. The highest BCUT2D eigenvalue weighted by Crippen LogP contribution is 2.14. The highest BCUT2D eigenvalue weighted by Gasteiger charge is 2.20. The van der Waals surface area contributed by atoms with E-state index in [9.17, 15) is 4.79 Å². The number of nitrogens with two attached hydrogens (primary N) is 1. The Balaban J connectivity index is 3.01. The summed E-state index contributed by atoms with van der Waals surface area (Å²) in [4.78, 5) is 12.0. The van der Waals surface area contributed by atoms with Gasteiger partial charge < -0.3 is 5.73 Å². The molecule has 0 fully saturated rings. The van der Waals surface area contributed by atoms with E-state index in [1.54, 1.807) is 0 Å². The first-order valence-corrected chi connectivity index (χ1v) is 5.30. The van der Waals surface area contributed by atoms with Crippen molar-refractivity contribution in [2.45, 2.75) is 33.7 Å². The number of hydrogen-bond acceptors (Lipinski definition) is 2. The van der Waals surface area contributed by atoms with Crippen LogP contribution in [0.3, 0.4) is 0 Å². The highest BCUT2D eigenvalue weighted by atomic mass is 16.1. The molecule has 2 heteroatoms. The lowest BCUT2D eigenvalue weighted by Crippen LogP contribution is -2.35. The van der Waals surface area contributed by atoms with Crippen LogP contribution in [0.15, 0.2) is 18.2 Å². The second kappa shape index (κ2) is 4.58. The third kappa shape index (κ3) is 2.66. The van der Waals surface area contributed by atoms with E-state index in [0.29, 0.717) is 0 Å². The number of carbonyl (C=O) groups excluding carboxylic acids is 1. The first-order valence-electron chi connectivity index (χ1n) is 5.30. The summed E-state index contributed by atoms with van der Waals surface area (Å²) in [6, 6.07) is 5.44. The third-order valence-electron chi connectivity index (χ3n) is 2.67. The minimum Gasteiger partial charge on any atom is -0.321 e. The van der Waals surface area contributed by atoms with Crippen molar-refractivity contribution in [1.82, 2.24) is 0 Å². The van der Waals surface area contributed by atoms with E-state index in [1.807, 2.05) is 45.9 Å². The van der Waals surface area contributed by atoms with Crippen molar-refractivity contribution in [2.24, 2.45) is 11.7 Å². The molecule has 0 aliphatic rings. The fraction of sp³-hybridized carbons (Fsp3) is 0.462. The topological polar surface area (TPSA) is 43.1 Å². The Morgan fingerprint density at radius 3 is 2.33 bits per heavy atom. The monoisotopic (exact) mass is 205 g/mol. The zero-order valence-corrected chi connectivity index (χ0v) is 9.87. The van der Waals surface area contributed by atoms with Gasteiger partial charge in [-0.2, -0.15) is 0 Å². The van der Waals surface area contributed by atoms with Crippen molar-refractivity contribution in [1.29, 1.82) is 0 Å². The van der Waals surface area contributed by atoms with Gasteiger partial charge in [0.2, 0.25) is 0 Å². The van der Waals surface area contributed by atoms with Gasteiger partial charge in [0.15, 0.2) is 5.78 Å². The molecule has 0 spiro atoms. The number of rotatable bonds is 3. The van der Waals surface area contributed by atoms with Crippen LogP contribution < -0.4 is 5.73 Å². The van der Waals surface area contributed by atoms with Crippen molar-refractivity contribution >= 4 is 5.78 Å². The maximum atomic E-state index is 12.0. The molecule has 0 heterocycles. The van der Waals surface area contributed by atoms with Crippen LogP contribution in [0.1, 0.15) is 35.3 Å². The number of ketones is 1. The van der Waals surface area contributed by atoms with Gasteiger partial charge in [-0.1, -0.05) is 37.6 Å². The van der Waals surface area contributed by atoms with Gasteiger partial charge in [-0.05, 0) is 25.3 Å². The molecule has 1 aromatic rings. The summed E-state index contributed by atoms with van der Waals surface area (Å²) >= 11 is 0. The zero-order chi connectivity index (χ0) is 11.6. The second-order valence-corrected chi connectivity index (χ2v) is 4.45. The third-order valence-corrected chi connectivity index (χ3v) is 2.67. The summed E-state index contributed by atoms with van der Waals surface area (Å²) in [5, 5.41) is 0. The molecule has 15 heavy (non-hydrogen) atoms. The lowest BCUT2D eigenvalue weighted by molar-refractivity contribution is 0.0940.